The molecular weight excluding hydrogens is 157 g/mol. The summed E-state index contributed by atoms with van der Waals surface area (Å²) in [6.45, 7) is 1.66. The predicted molar refractivity (Wildman–Crippen MR) is 44.5 cm³/mol. The summed E-state index contributed by atoms with van der Waals surface area (Å²) in [5.74, 6) is -0.620. The zero-order valence-electron chi connectivity index (χ0n) is 7.02. The van der Waals surface area contributed by atoms with E-state index >= 15 is 0 Å². The second-order valence-electron chi connectivity index (χ2n) is 2.54. The molecule has 2 nitrogen and oxygen atoms in total. The van der Waals surface area contributed by atoms with Crippen LogP contribution in [-0.4, -0.2) is 13.0 Å². The summed E-state index contributed by atoms with van der Waals surface area (Å²) in [6, 6.07) is 4.41. The van der Waals surface area contributed by atoms with Crippen LogP contribution in [0, 0.1) is 12.7 Å². The van der Waals surface area contributed by atoms with Crippen molar-refractivity contribution >= 4 is 5.91 Å². The average molecular weight is 167 g/mol. The molecule has 1 amide bonds. The lowest BCUT2D eigenvalue weighted by Crippen LogP contribution is -2.17. The van der Waals surface area contributed by atoms with E-state index in [1.54, 1.807) is 19.1 Å². The van der Waals surface area contributed by atoms with E-state index in [-0.39, 0.29) is 11.7 Å². The number of hydrogen-bond acceptors (Lipinski definition) is 1. The van der Waals surface area contributed by atoms with E-state index in [9.17, 15) is 9.18 Å². The van der Waals surface area contributed by atoms with Crippen LogP contribution < -0.4 is 5.32 Å². The zero-order chi connectivity index (χ0) is 9.14. The maximum absolute atomic E-state index is 12.9. The van der Waals surface area contributed by atoms with Crippen molar-refractivity contribution in [1.82, 2.24) is 5.32 Å². The van der Waals surface area contributed by atoms with Crippen LogP contribution in [0.2, 0.25) is 0 Å². The van der Waals surface area contributed by atoms with Gasteiger partial charge in [0, 0.05) is 12.6 Å². The quantitative estimate of drug-likeness (QED) is 0.674. The molecule has 0 fully saturated rings. The fraction of sp³-hybridized carbons (Fsp3) is 0.222. The first-order valence-corrected chi connectivity index (χ1v) is 3.63. The van der Waals surface area contributed by atoms with Crippen molar-refractivity contribution in [3.8, 4) is 0 Å². The van der Waals surface area contributed by atoms with Gasteiger partial charge in [-0.3, -0.25) is 4.79 Å². The monoisotopic (exact) mass is 167 g/mol. The van der Waals surface area contributed by atoms with Gasteiger partial charge in [-0.15, -0.1) is 0 Å². The Morgan fingerprint density at radius 1 is 1.50 bits per heavy atom. The van der Waals surface area contributed by atoms with E-state index in [0.717, 1.165) is 0 Å². The van der Waals surface area contributed by atoms with Gasteiger partial charge in [-0.2, -0.15) is 0 Å². The summed E-state index contributed by atoms with van der Waals surface area (Å²) in [7, 11) is 1.51. The molecule has 0 aliphatic heterocycles. The highest BCUT2D eigenvalue weighted by molar-refractivity contribution is 5.93. The summed E-state index contributed by atoms with van der Waals surface area (Å²) in [5.41, 5.74) is 0.892. The molecule has 0 heterocycles. The molecule has 0 radical (unpaired) electrons. The number of aryl methyl sites for hydroxylation is 1. The van der Waals surface area contributed by atoms with Crippen LogP contribution in [0.25, 0.3) is 0 Å². The number of rotatable bonds is 1. The molecule has 0 aliphatic rings. The van der Waals surface area contributed by atoms with Crippen molar-refractivity contribution in [1.29, 1.82) is 0 Å². The van der Waals surface area contributed by atoms with Gasteiger partial charge in [-0.1, -0.05) is 6.07 Å². The first-order chi connectivity index (χ1) is 5.65. The summed E-state index contributed by atoms with van der Waals surface area (Å²) in [4.78, 5) is 11.0. The normalized spacial score (nSPS) is 9.58. The van der Waals surface area contributed by atoms with Crippen molar-refractivity contribution in [2.75, 3.05) is 7.05 Å². The lowest BCUT2D eigenvalue weighted by Gasteiger charge is -2.00. The summed E-state index contributed by atoms with van der Waals surface area (Å²) < 4.78 is 12.9. The lowest BCUT2D eigenvalue weighted by molar-refractivity contribution is 0.0962. The Labute approximate surface area is 70.4 Å². The highest BCUT2D eigenvalue weighted by Crippen LogP contribution is 2.08. The minimum Gasteiger partial charge on any atom is -0.355 e. The minimum absolute atomic E-state index is 0.270. The van der Waals surface area contributed by atoms with Gasteiger partial charge in [0.1, 0.15) is 5.82 Å². The molecule has 1 aromatic carbocycles. The van der Waals surface area contributed by atoms with Crippen molar-refractivity contribution in [2.24, 2.45) is 0 Å². The van der Waals surface area contributed by atoms with Crippen LogP contribution in [0.5, 0.6) is 0 Å². The third-order valence-electron chi connectivity index (χ3n) is 1.66. The third-order valence-corrected chi connectivity index (χ3v) is 1.66. The molecule has 12 heavy (non-hydrogen) atoms. The molecule has 1 N–H and O–H groups in total. The Morgan fingerprint density at radius 3 is 2.67 bits per heavy atom. The van der Waals surface area contributed by atoms with Crippen molar-refractivity contribution in [2.45, 2.75) is 6.92 Å². The first-order valence-electron chi connectivity index (χ1n) is 3.63. The molecular formula is C9H10FNO. The molecule has 1 aromatic rings. The molecule has 0 saturated heterocycles. The van der Waals surface area contributed by atoms with Gasteiger partial charge in [0.2, 0.25) is 0 Å². The highest BCUT2D eigenvalue weighted by Gasteiger charge is 2.04. The summed E-state index contributed by atoms with van der Waals surface area (Å²) >= 11 is 0. The smallest absolute Gasteiger partial charge is 0.251 e. The number of carbonyl (C=O) groups excluding carboxylic acids is 1. The molecule has 0 aliphatic carbocycles. The Kier molecular flexibility index (Phi) is 2.43. The molecule has 1 rings (SSSR count). The minimum atomic E-state index is -0.351. The molecule has 0 unspecified atom stereocenters. The molecule has 0 aromatic heterocycles. The van der Waals surface area contributed by atoms with Gasteiger partial charge in [-0.25, -0.2) is 4.39 Å². The number of nitrogens with one attached hydrogen (secondary N) is 1. The molecule has 0 atom stereocenters. The summed E-state index contributed by atoms with van der Waals surface area (Å²) in [5, 5.41) is 2.42. The Balaban J connectivity index is 3.05. The second-order valence-corrected chi connectivity index (χ2v) is 2.54. The number of benzene rings is 1. The van der Waals surface area contributed by atoms with E-state index in [1.165, 1.54) is 13.1 Å². The number of carbonyl (C=O) groups is 1. The van der Waals surface area contributed by atoms with Gasteiger partial charge in [-0.05, 0) is 24.6 Å². The van der Waals surface area contributed by atoms with Gasteiger partial charge >= 0.3 is 0 Å². The Bertz CT molecular complexity index is 309. The van der Waals surface area contributed by atoms with Gasteiger partial charge < -0.3 is 5.32 Å². The topological polar surface area (TPSA) is 29.1 Å². The average Bonchev–Trinajstić information content (AvgIpc) is 2.08. The molecule has 0 bridgehead atoms. The van der Waals surface area contributed by atoms with E-state index in [1.807, 2.05) is 0 Å². The number of hydrogen-bond donors (Lipinski definition) is 1. The Hall–Kier alpha value is -1.38. The van der Waals surface area contributed by atoms with Gasteiger partial charge in [0.25, 0.3) is 5.91 Å². The standard InChI is InChI=1S/C9H10FNO/c1-6-3-4-7(5-8(6)10)9(12)11-2/h3-5H,1-2H3,(H,11,12). The summed E-state index contributed by atoms with van der Waals surface area (Å²) in [6.07, 6.45) is 0. The van der Waals surface area contributed by atoms with E-state index in [0.29, 0.717) is 11.1 Å². The van der Waals surface area contributed by atoms with Gasteiger partial charge in [0.05, 0.1) is 0 Å². The molecule has 3 heteroatoms. The number of halogens is 1. The second kappa shape index (κ2) is 3.34. The van der Waals surface area contributed by atoms with Crippen molar-refractivity contribution < 1.29 is 9.18 Å². The van der Waals surface area contributed by atoms with E-state index < -0.39 is 0 Å². The maximum Gasteiger partial charge on any atom is 0.251 e. The lowest BCUT2D eigenvalue weighted by atomic mass is 10.1. The Morgan fingerprint density at radius 2 is 2.17 bits per heavy atom. The van der Waals surface area contributed by atoms with Gasteiger partial charge in [0.15, 0.2) is 0 Å². The highest BCUT2D eigenvalue weighted by atomic mass is 19.1. The maximum atomic E-state index is 12.9. The SMILES string of the molecule is CNC(=O)c1ccc(C)c(F)c1. The molecule has 0 saturated carbocycles. The van der Waals surface area contributed by atoms with E-state index in [2.05, 4.69) is 5.32 Å². The molecule has 64 valence electrons. The first kappa shape index (κ1) is 8.71. The fourth-order valence-corrected chi connectivity index (χ4v) is 0.878. The van der Waals surface area contributed by atoms with Crippen molar-refractivity contribution in [3.05, 3.63) is 35.1 Å². The van der Waals surface area contributed by atoms with Crippen LogP contribution in [-0.2, 0) is 0 Å². The van der Waals surface area contributed by atoms with Crippen LogP contribution in [0.4, 0.5) is 4.39 Å². The van der Waals surface area contributed by atoms with Crippen LogP contribution in [0.1, 0.15) is 15.9 Å². The van der Waals surface area contributed by atoms with Crippen LogP contribution >= 0.6 is 0 Å². The van der Waals surface area contributed by atoms with Crippen LogP contribution in [0.3, 0.4) is 0 Å². The fourth-order valence-electron chi connectivity index (χ4n) is 0.878. The largest absolute Gasteiger partial charge is 0.355 e. The van der Waals surface area contributed by atoms with E-state index in [4.69, 9.17) is 0 Å². The third kappa shape index (κ3) is 1.61. The number of amides is 1. The molecule has 0 spiro atoms. The predicted octanol–water partition coefficient (Wildman–Crippen LogP) is 1.49. The zero-order valence-corrected chi connectivity index (χ0v) is 7.02. The van der Waals surface area contributed by atoms with Crippen LogP contribution in [0.15, 0.2) is 18.2 Å². The van der Waals surface area contributed by atoms with Crippen molar-refractivity contribution in [3.63, 3.8) is 0 Å².